The van der Waals surface area contributed by atoms with Gasteiger partial charge in [0.1, 0.15) is 29.1 Å². The van der Waals surface area contributed by atoms with Gasteiger partial charge < -0.3 is 19.8 Å². The van der Waals surface area contributed by atoms with Gasteiger partial charge in [-0.2, -0.15) is 0 Å². The molecule has 3 saturated heterocycles. The highest BCUT2D eigenvalue weighted by Gasteiger charge is 2.40. The summed E-state index contributed by atoms with van der Waals surface area (Å²) in [7, 11) is 0. The molecule has 0 aromatic heterocycles. The molecule has 0 unspecified atom stereocenters. The highest BCUT2D eigenvalue weighted by Crippen LogP contribution is 2.49. The van der Waals surface area contributed by atoms with Gasteiger partial charge in [-0.1, -0.05) is 38.2 Å². The summed E-state index contributed by atoms with van der Waals surface area (Å²) in [5, 5.41) is 12.6. The fourth-order valence-corrected chi connectivity index (χ4v) is 11.0. The summed E-state index contributed by atoms with van der Waals surface area (Å²) in [6.45, 7) is 6.12. The van der Waals surface area contributed by atoms with E-state index in [1.54, 1.807) is 23.1 Å². The van der Waals surface area contributed by atoms with E-state index in [0.717, 1.165) is 86.3 Å². The van der Waals surface area contributed by atoms with Gasteiger partial charge in [-0.05, 0) is 115 Å². The fourth-order valence-electron chi connectivity index (χ4n) is 11.0. The van der Waals surface area contributed by atoms with Crippen molar-refractivity contribution in [2.24, 2.45) is 17.8 Å². The molecule has 6 aliphatic rings. The van der Waals surface area contributed by atoms with Crippen molar-refractivity contribution >= 4 is 29.1 Å². The zero-order chi connectivity index (χ0) is 38.5. The van der Waals surface area contributed by atoms with Gasteiger partial charge in [0.15, 0.2) is 0 Å². The predicted molar refractivity (Wildman–Crippen MR) is 211 cm³/mol. The molecule has 296 valence electrons. The third-order valence-electron chi connectivity index (χ3n) is 14.0. The molecule has 1 saturated carbocycles. The van der Waals surface area contributed by atoms with Crippen molar-refractivity contribution in [3.8, 4) is 5.75 Å². The van der Waals surface area contributed by atoms with Crippen molar-refractivity contribution < 1.29 is 28.3 Å². The Kier molecular flexibility index (Phi) is 10.2. The number of benzene rings is 3. The smallest absolute Gasteiger partial charge is 0.255 e. The first kappa shape index (κ1) is 37.1. The van der Waals surface area contributed by atoms with E-state index in [0.29, 0.717) is 49.4 Å². The number of nitrogens with one attached hydrogen (secondary N) is 1. The summed E-state index contributed by atoms with van der Waals surface area (Å²) < 4.78 is 32.3. The zero-order valence-corrected chi connectivity index (χ0v) is 32.2. The standard InChI is InChI=1S/C45H53F2N5O4/c46-38-24-31(42-35(29-4-2-1-3-5-29)9-6-30-23-34(53)8-11-36(30)42)25-39(47)43(38)51-16-14-28(15-17-51)26-49-18-20-50(21-19-49)33-7-10-37-32(22-33)27-52(45(37)56)40-12-13-41(54)48-44(40)55/h7-8,10-11,22-25,28-29,35,40,42,53H,1-6,9,12-21,26-27H2,(H,48,54,55)/t35-,40+,42+/m0/s1. The quantitative estimate of drug-likeness (QED) is 0.257. The maximum Gasteiger partial charge on any atom is 0.255 e. The average molecular weight is 766 g/mol. The lowest BCUT2D eigenvalue weighted by molar-refractivity contribution is -0.136. The molecule has 0 spiro atoms. The Morgan fingerprint density at radius 1 is 0.732 bits per heavy atom. The van der Waals surface area contributed by atoms with Gasteiger partial charge in [0.25, 0.3) is 5.91 Å². The van der Waals surface area contributed by atoms with Crippen LogP contribution in [0.5, 0.6) is 5.75 Å². The molecule has 4 aliphatic heterocycles. The van der Waals surface area contributed by atoms with Gasteiger partial charge in [-0.25, -0.2) is 8.78 Å². The molecule has 9 nitrogen and oxygen atoms in total. The summed E-state index contributed by atoms with van der Waals surface area (Å²) in [4.78, 5) is 45.6. The number of nitrogens with zero attached hydrogens (tertiary/aromatic N) is 4. The lowest BCUT2D eigenvalue weighted by Gasteiger charge is -2.41. The number of phenolic OH excluding ortho intramolecular Hbond substituents is 1. The van der Waals surface area contributed by atoms with Crippen LogP contribution in [0.2, 0.25) is 0 Å². The number of piperazine rings is 1. The Balaban J connectivity index is 0.802. The molecule has 4 heterocycles. The van der Waals surface area contributed by atoms with Gasteiger partial charge in [0, 0.05) is 75.9 Å². The van der Waals surface area contributed by atoms with Crippen molar-refractivity contribution in [1.82, 2.24) is 15.1 Å². The number of phenols is 1. The number of hydrogen-bond acceptors (Lipinski definition) is 7. The summed E-state index contributed by atoms with van der Waals surface area (Å²) in [5.74, 6) is -0.268. The molecule has 2 N–H and O–H groups in total. The van der Waals surface area contributed by atoms with Crippen LogP contribution in [-0.4, -0.2) is 84.5 Å². The van der Waals surface area contributed by atoms with E-state index in [1.807, 2.05) is 29.2 Å². The van der Waals surface area contributed by atoms with Gasteiger partial charge >= 0.3 is 0 Å². The zero-order valence-electron chi connectivity index (χ0n) is 32.2. The Labute approximate surface area is 328 Å². The molecular weight excluding hydrogens is 713 g/mol. The van der Waals surface area contributed by atoms with Crippen LogP contribution in [0.25, 0.3) is 0 Å². The van der Waals surface area contributed by atoms with Crippen molar-refractivity contribution in [3.05, 3.63) is 88.0 Å². The van der Waals surface area contributed by atoms with Crippen LogP contribution in [0, 0.1) is 29.4 Å². The third-order valence-corrected chi connectivity index (χ3v) is 14.0. The van der Waals surface area contributed by atoms with Crippen LogP contribution in [0.4, 0.5) is 20.2 Å². The third kappa shape index (κ3) is 7.16. The van der Waals surface area contributed by atoms with Gasteiger partial charge in [-0.15, -0.1) is 0 Å². The lowest BCUT2D eigenvalue weighted by atomic mass is 9.64. The first-order valence-corrected chi connectivity index (χ1v) is 21.0. The lowest BCUT2D eigenvalue weighted by Crippen LogP contribution is -2.52. The van der Waals surface area contributed by atoms with Crippen molar-refractivity contribution in [2.45, 2.75) is 89.1 Å². The number of aryl methyl sites for hydroxylation is 1. The molecule has 9 rings (SSSR count). The minimum Gasteiger partial charge on any atom is -0.508 e. The van der Waals surface area contributed by atoms with E-state index in [2.05, 4.69) is 21.2 Å². The van der Waals surface area contributed by atoms with Gasteiger partial charge in [-0.3, -0.25) is 24.6 Å². The maximum absolute atomic E-state index is 16.2. The number of hydrogen-bond donors (Lipinski definition) is 2. The van der Waals surface area contributed by atoms with E-state index in [4.69, 9.17) is 0 Å². The first-order valence-electron chi connectivity index (χ1n) is 21.0. The molecule has 0 bridgehead atoms. The molecule has 56 heavy (non-hydrogen) atoms. The predicted octanol–water partition coefficient (Wildman–Crippen LogP) is 6.74. The van der Waals surface area contributed by atoms with Crippen LogP contribution >= 0.6 is 0 Å². The second-order valence-electron chi connectivity index (χ2n) is 17.3. The number of carbonyl (C=O) groups excluding carboxylic acids is 3. The minimum atomic E-state index is -0.619. The molecule has 3 amide bonds. The number of imide groups is 1. The van der Waals surface area contributed by atoms with Crippen molar-refractivity contribution in [2.75, 3.05) is 55.6 Å². The SMILES string of the molecule is O=C1CC[C@@H](N2Cc3cc(N4CCN(CC5CCN(c6c(F)cc([C@H]7c8ccc(O)cc8CC[C@H]7C7CCCCC7)cc6F)CC5)CC4)ccc3C2=O)C(=O)N1. The average Bonchev–Trinajstić information content (AvgIpc) is 3.53. The number of fused-ring (bicyclic) bond motifs is 2. The van der Waals surface area contributed by atoms with E-state index in [1.165, 1.54) is 32.1 Å². The number of halogens is 2. The van der Waals surface area contributed by atoms with Crippen molar-refractivity contribution in [1.29, 1.82) is 0 Å². The maximum atomic E-state index is 16.2. The largest absolute Gasteiger partial charge is 0.508 e. The highest BCUT2D eigenvalue weighted by molar-refractivity contribution is 6.05. The van der Waals surface area contributed by atoms with Crippen LogP contribution in [0.3, 0.4) is 0 Å². The number of amides is 3. The number of anilines is 2. The molecule has 11 heteroatoms. The Morgan fingerprint density at radius 2 is 1.48 bits per heavy atom. The van der Waals surface area contributed by atoms with Gasteiger partial charge in [0.2, 0.25) is 11.8 Å². The van der Waals surface area contributed by atoms with E-state index in [9.17, 15) is 19.5 Å². The minimum absolute atomic E-state index is 0.0750. The topological polar surface area (TPSA) is 96.4 Å². The summed E-state index contributed by atoms with van der Waals surface area (Å²) in [6.07, 6.45) is 10.3. The second-order valence-corrected chi connectivity index (χ2v) is 17.3. The molecule has 0 radical (unpaired) electrons. The van der Waals surface area contributed by atoms with Crippen LogP contribution < -0.4 is 15.1 Å². The van der Waals surface area contributed by atoms with E-state index >= 15 is 8.78 Å². The normalized spacial score (nSPS) is 25.4. The highest BCUT2D eigenvalue weighted by atomic mass is 19.1. The van der Waals surface area contributed by atoms with Crippen LogP contribution in [-0.2, 0) is 22.6 Å². The van der Waals surface area contributed by atoms with E-state index < -0.39 is 23.6 Å². The molecule has 4 fully saturated rings. The van der Waals surface area contributed by atoms with Crippen LogP contribution in [0.1, 0.15) is 103 Å². The Bertz CT molecular complexity index is 1980. The summed E-state index contributed by atoms with van der Waals surface area (Å²) in [5.41, 5.74) is 5.64. The van der Waals surface area contributed by atoms with Crippen LogP contribution in [0.15, 0.2) is 48.5 Å². The molecule has 3 atom stereocenters. The summed E-state index contributed by atoms with van der Waals surface area (Å²) >= 11 is 0. The monoisotopic (exact) mass is 765 g/mol. The molecular formula is C45H53F2N5O4. The fraction of sp³-hybridized carbons (Fsp3) is 0.533. The number of piperidine rings is 2. The molecule has 2 aliphatic carbocycles. The molecule has 3 aromatic rings. The summed E-state index contributed by atoms with van der Waals surface area (Å²) in [6, 6.07) is 14.1. The number of aromatic hydroxyl groups is 1. The molecule has 3 aromatic carbocycles. The van der Waals surface area contributed by atoms with E-state index in [-0.39, 0.29) is 35.6 Å². The second kappa shape index (κ2) is 15.4. The Hall–Kier alpha value is -4.51. The number of rotatable bonds is 7. The van der Waals surface area contributed by atoms with Gasteiger partial charge in [0.05, 0.1) is 0 Å². The Morgan fingerprint density at radius 3 is 2.21 bits per heavy atom. The van der Waals surface area contributed by atoms with Crippen molar-refractivity contribution in [3.63, 3.8) is 0 Å². The first-order chi connectivity index (χ1) is 27.2. The number of carbonyl (C=O) groups is 3.